The summed E-state index contributed by atoms with van der Waals surface area (Å²) in [5, 5.41) is 0.701. The largest absolute Gasteiger partial charge is 0.497 e. The van der Waals surface area contributed by atoms with Gasteiger partial charge in [0.2, 0.25) is 0 Å². The predicted octanol–water partition coefficient (Wildman–Crippen LogP) is 11.9. The fourth-order valence-corrected chi connectivity index (χ4v) is 8.63. The molecule has 0 radical (unpaired) electrons. The first kappa shape index (κ1) is 47.1. The number of ether oxygens (including phenoxy) is 4. The zero-order valence-electron chi connectivity index (χ0n) is 36.6. The molecule has 0 bridgehead atoms. The van der Waals surface area contributed by atoms with Crippen molar-refractivity contribution in [3.05, 3.63) is 106 Å². The molecule has 0 aliphatic carbocycles. The second kappa shape index (κ2) is 22.0. The molecule has 3 aromatic rings. The van der Waals surface area contributed by atoms with Gasteiger partial charge in [0, 0.05) is 36.3 Å². The molecule has 0 aliphatic heterocycles. The van der Waals surface area contributed by atoms with E-state index >= 15 is 0 Å². The molecular formula is C48H72O7Si. The fourth-order valence-electron chi connectivity index (χ4n) is 7.90. The molecule has 7 nitrogen and oxygen atoms in total. The Labute approximate surface area is 339 Å². The monoisotopic (exact) mass is 789 g/mol. The molecule has 0 spiro atoms. The van der Waals surface area contributed by atoms with Crippen LogP contribution in [0.4, 0.5) is 0 Å². The average Bonchev–Trinajstić information content (AvgIpc) is 3.14. The van der Waals surface area contributed by atoms with Crippen LogP contribution in [-0.2, 0) is 20.8 Å². The van der Waals surface area contributed by atoms with Crippen LogP contribution in [0.5, 0.6) is 5.75 Å². The van der Waals surface area contributed by atoms with E-state index in [2.05, 4.69) is 118 Å². The van der Waals surface area contributed by atoms with Crippen molar-refractivity contribution in [2.24, 2.45) is 35.5 Å². The van der Waals surface area contributed by atoms with Crippen molar-refractivity contribution in [3.8, 4) is 5.75 Å². The Balaban J connectivity index is 1.88. The number of benzene rings is 2. The maximum atomic E-state index is 11.8. The third-order valence-corrected chi connectivity index (χ3v) is 15.5. The Morgan fingerprint density at radius 2 is 1.55 bits per heavy atom. The number of rotatable bonds is 23. The second-order valence-corrected chi connectivity index (χ2v) is 21.8. The van der Waals surface area contributed by atoms with E-state index in [0.717, 1.165) is 41.5 Å². The maximum Gasteiger partial charge on any atom is 0.336 e. The van der Waals surface area contributed by atoms with Crippen molar-refractivity contribution in [2.45, 2.75) is 119 Å². The van der Waals surface area contributed by atoms with Gasteiger partial charge in [-0.15, -0.1) is 0 Å². The molecule has 1 aromatic heterocycles. The number of hydrogen-bond donors (Lipinski definition) is 1. The summed E-state index contributed by atoms with van der Waals surface area (Å²) in [5.74, 6) is 2.11. The van der Waals surface area contributed by atoms with Crippen molar-refractivity contribution < 1.29 is 28.2 Å². The van der Waals surface area contributed by atoms with Crippen molar-refractivity contribution >= 4 is 25.4 Å². The zero-order chi connectivity index (χ0) is 41.6. The molecule has 56 heavy (non-hydrogen) atoms. The van der Waals surface area contributed by atoms with Crippen LogP contribution in [0, 0.1) is 35.5 Å². The van der Waals surface area contributed by atoms with Crippen molar-refractivity contribution in [1.29, 1.82) is 0 Å². The number of allylic oxidation sites excluding steroid dienone is 2. The third kappa shape index (κ3) is 14.0. The molecule has 0 saturated heterocycles. The van der Waals surface area contributed by atoms with Crippen molar-refractivity contribution in [2.75, 3.05) is 21.0 Å². The Morgan fingerprint density at radius 1 is 0.893 bits per heavy atom. The summed E-state index contributed by atoms with van der Waals surface area (Å²) in [5.41, 5.74) is 3.62. The van der Waals surface area contributed by atoms with E-state index in [4.69, 9.17) is 23.4 Å². The normalized spacial score (nSPS) is 17.5. The number of methoxy groups -OCH3 is 2. The molecule has 0 aliphatic rings. The first-order valence-corrected chi connectivity index (χ1v) is 23.5. The lowest BCUT2D eigenvalue weighted by molar-refractivity contribution is -0.0947. The van der Waals surface area contributed by atoms with Gasteiger partial charge in [0.05, 0.1) is 25.9 Å². The third-order valence-electron chi connectivity index (χ3n) is 12.0. The Bertz CT molecular complexity index is 1770. The summed E-state index contributed by atoms with van der Waals surface area (Å²) in [7, 11) is 0.846. The van der Waals surface area contributed by atoms with Crippen molar-refractivity contribution in [1.82, 2.24) is 0 Å². The molecule has 310 valence electrons. The van der Waals surface area contributed by atoms with Crippen LogP contribution in [0.15, 0.2) is 93.7 Å². The predicted molar refractivity (Wildman–Crippen MR) is 235 cm³/mol. The lowest BCUT2D eigenvalue weighted by atomic mass is 9.71. The summed E-state index contributed by atoms with van der Waals surface area (Å²) in [6.07, 6.45) is 13.9. The maximum absolute atomic E-state index is 11.8. The van der Waals surface area contributed by atoms with Gasteiger partial charge in [-0.2, -0.15) is 0 Å². The summed E-state index contributed by atoms with van der Waals surface area (Å²) in [6.45, 7) is 25.2. The molecule has 2 unspecified atom stereocenters. The van der Waals surface area contributed by atoms with Crippen LogP contribution in [-0.4, -0.2) is 46.3 Å². The standard InChI is InChI=1S/C48H72O7Si/c1-14-15-16-34(3)47(53-31-40-20-24-42(52-11)25-21-40)38(7)43(30-48(8,9)56(12,13)50)36(5)27-33(2)28-37(6)46(54-32-51-10)35(4)17-18-39-19-22-41-23-26-45(49)55-44(41)29-39/h15-26,28-29,34-38,43,46-47,50H,14,27,30-32H2,1-13H3/b16-15-,18-17-,33-28-/t34?,35?,36-,37-,38-,43+,46-,47-/m0/s1. The molecular weight excluding hydrogens is 717 g/mol. The highest BCUT2D eigenvalue weighted by Gasteiger charge is 2.43. The van der Waals surface area contributed by atoms with Gasteiger partial charge in [-0.3, -0.25) is 0 Å². The van der Waals surface area contributed by atoms with Crippen LogP contribution in [0.1, 0.15) is 92.7 Å². The van der Waals surface area contributed by atoms with E-state index in [1.54, 1.807) is 20.3 Å². The first-order chi connectivity index (χ1) is 26.4. The number of fused-ring (bicyclic) bond motifs is 1. The molecule has 8 atom stereocenters. The van der Waals surface area contributed by atoms with Crippen LogP contribution >= 0.6 is 0 Å². The molecule has 2 aromatic carbocycles. The van der Waals surface area contributed by atoms with Crippen LogP contribution in [0.25, 0.3) is 17.0 Å². The first-order valence-electron chi connectivity index (χ1n) is 20.5. The van der Waals surface area contributed by atoms with Crippen molar-refractivity contribution in [3.63, 3.8) is 0 Å². The Morgan fingerprint density at radius 3 is 2.18 bits per heavy atom. The summed E-state index contributed by atoms with van der Waals surface area (Å²) < 4.78 is 29.4. The van der Waals surface area contributed by atoms with Gasteiger partial charge >= 0.3 is 5.63 Å². The van der Waals surface area contributed by atoms with E-state index < -0.39 is 8.32 Å². The Hall–Kier alpha value is -3.27. The summed E-state index contributed by atoms with van der Waals surface area (Å²) >= 11 is 0. The lowest BCUT2D eigenvalue weighted by Crippen LogP contribution is -2.44. The Kier molecular flexibility index (Phi) is 18.5. The molecule has 1 heterocycles. The number of hydrogen-bond acceptors (Lipinski definition) is 7. The average molecular weight is 789 g/mol. The van der Waals surface area contributed by atoms with Crippen LogP contribution < -0.4 is 10.4 Å². The molecule has 0 saturated carbocycles. The zero-order valence-corrected chi connectivity index (χ0v) is 37.6. The molecule has 3 rings (SSSR count). The second-order valence-electron chi connectivity index (χ2n) is 17.4. The van der Waals surface area contributed by atoms with Gasteiger partial charge in [0.1, 0.15) is 18.1 Å². The summed E-state index contributed by atoms with van der Waals surface area (Å²) in [6, 6.07) is 17.3. The minimum Gasteiger partial charge on any atom is -0.497 e. The van der Waals surface area contributed by atoms with Gasteiger partial charge in [0.25, 0.3) is 0 Å². The SMILES string of the molecule is CC/C=C\C(C)[C@H](OCc1ccc(OC)cc1)[C@@H](C)[C@H](CC(C)(C)[Si](C)(C)O)[C@@H](C)C/C(C)=C\[C@H](C)[C@@H](OCOC)C(C)/C=C\c1ccc2ccc(=O)oc2c1. The van der Waals surface area contributed by atoms with E-state index in [-0.39, 0.29) is 53.3 Å². The lowest BCUT2D eigenvalue weighted by Gasteiger charge is -2.44. The smallest absolute Gasteiger partial charge is 0.336 e. The highest BCUT2D eigenvalue weighted by molar-refractivity contribution is 6.72. The fraction of sp³-hybridized carbons (Fsp3) is 0.562. The molecule has 1 N–H and O–H groups in total. The highest BCUT2D eigenvalue weighted by atomic mass is 28.4. The van der Waals surface area contributed by atoms with Crippen LogP contribution in [0.2, 0.25) is 18.1 Å². The van der Waals surface area contributed by atoms with Gasteiger partial charge in [-0.1, -0.05) is 116 Å². The minimum absolute atomic E-state index is 0.00655. The van der Waals surface area contributed by atoms with E-state index in [0.29, 0.717) is 24.0 Å². The minimum atomic E-state index is -2.49. The summed E-state index contributed by atoms with van der Waals surface area (Å²) in [4.78, 5) is 23.3. The van der Waals surface area contributed by atoms with E-state index in [1.807, 2.05) is 30.3 Å². The molecule has 0 amide bonds. The van der Waals surface area contributed by atoms with E-state index in [9.17, 15) is 9.59 Å². The van der Waals surface area contributed by atoms with Gasteiger partial charge in [0.15, 0.2) is 8.32 Å². The van der Waals surface area contributed by atoms with Gasteiger partial charge in [-0.25, -0.2) is 4.79 Å². The van der Waals surface area contributed by atoms with Gasteiger partial charge < -0.3 is 28.2 Å². The quantitative estimate of drug-likeness (QED) is 0.0443. The molecule has 8 heteroatoms. The highest BCUT2D eigenvalue weighted by Crippen LogP contribution is 2.47. The van der Waals surface area contributed by atoms with Gasteiger partial charge in [-0.05, 0) is 97.5 Å². The van der Waals surface area contributed by atoms with E-state index in [1.165, 1.54) is 11.6 Å². The topological polar surface area (TPSA) is 87.4 Å². The molecule has 0 fully saturated rings. The van der Waals surface area contributed by atoms with Crippen LogP contribution in [0.3, 0.4) is 0 Å².